The Labute approximate surface area is 231 Å². The van der Waals surface area contributed by atoms with Crippen LogP contribution < -0.4 is 5.32 Å². The SMILES string of the molecule is COC1=C/CC\C(C)=C(c2ccccc2-c2nc3cc(C(=O)N[C@@H]4CO[C@H]5[C@@H]4OC[C@H]5O)ccn3c2Cl)/C=C\1. The third-order valence-electron chi connectivity index (χ3n) is 7.62. The summed E-state index contributed by atoms with van der Waals surface area (Å²) in [5.41, 5.74) is 5.97. The molecule has 4 heterocycles. The van der Waals surface area contributed by atoms with Crippen molar-refractivity contribution in [2.24, 2.45) is 0 Å². The van der Waals surface area contributed by atoms with Crippen molar-refractivity contribution >= 4 is 28.7 Å². The number of aromatic nitrogens is 2. The van der Waals surface area contributed by atoms with Crippen molar-refractivity contribution < 1.29 is 24.1 Å². The van der Waals surface area contributed by atoms with Crippen LogP contribution in [0.15, 0.2) is 72.2 Å². The lowest BCUT2D eigenvalue weighted by Crippen LogP contribution is -2.44. The summed E-state index contributed by atoms with van der Waals surface area (Å²) in [5, 5.41) is 13.4. The van der Waals surface area contributed by atoms with Gasteiger partial charge in [0, 0.05) is 17.3 Å². The average Bonchev–Trinajstić information content (AvgIpc) is 3.61. The van der Waals surface area contributed by atoms with Crippen LogP contribution in [0.5, 0.6) is 0 Å². The number of imidazole rings is 1. The van der Waals surface area contributed by atoms with E-state index in [1.165, 1.54) is 5.57 Å². The van der Waals surface area contributed by atoms with Crippen molar-refractivity contribution in [1.29, 1.82) is 0 Å². The molecular weight excluding hydrogens is 518 g/mol. The maximum Gasteiger partial charge on any atom is 0.251 e. The second-order valence-electron chi connectivity index (χ2n) is 10.1. The number of methoxy groups -OCH3 is 1. The summed E-state index contributed by atoms with van der Waals surface area (Å²) >= 11 is 6.87. The molecule has 0 bridgehead atoms. The van der Waals surface area contributed by atoms with Gasteiger partial charge in [-0.2, -0.15) is 0 Å². The van der Waals surface area contributed by atoms with Gasteiger partial charge in [0.2, 0.25) is 0 Å². The van der Waals surface area contributed by atoms with E-state index in [9.17, 15) is 9.90 Å². The Balaban J connectivity index is 1.32. The van der Waals surface area contributed by atoms with Crippen LogP contribution in [0, 0.1) is 0 Å². The van der Waals surface area contributed by atoms with E-state index in [1.54, 1.807) is 29.8 Å². The number of carbonyl (C=O) groups is 1. The average molecular weight is 548 g/mol. The van der Waals surface area contributed by atoms with Crippen LogP contribution in [-0.4, -0.2) is 65.1 Å². The van der Waals surface area contributed by atoms with E-state index < -0.39 is 12.2 Å². The van der Waals surface area contributed by atoms with Crippen LogP contribution in [0.4, 0.5) is 0 Å². The third kappa shape index (κ3) is 4.78. The normalized spacial score (nSPS) is 28.9. The first-order valence-corrected chi connectivity index (χ1v) is 13.4. The number of aliphatic hydroxyl groups is 1. The highest BCUT2D eigenvalue weighted by atomic mass is 35.5. The molecule has 2 fully saturated rings. The Hall–Kier alpha value is -3.43. The molecule has 2 aromatic heterocycles. The van der Waals surface area contributed by atoms with E-state index in [4.69, 9.17) is 30.8 Å². The van der Waals surface area contributed by atoms with Crippen LogP contribution in [-0.2, 0) is 14.2 Å². The number of aliphatic hydroxyl groups excluding tert-OH is 1. The van der Waals surface area contributed by atoms with Gasteiger partial charge < -0.3 is 24.6 Å². The summed E-state index contributed by atoms with van der Waals surface area (Å²) in [5.74, 6) is 0.574. The van der Waals surface area contributed by atoms with Gasteiger partial charge >= 0.3 is 0 Å². The summed E-state index contributed by atoms with van der Waals surface area (Å²) in [6.45, 7) is 2.65. The number of nitrogens with zero attached hydrogens (tertiary/aromatic N) is 2. The fraction of sp³-hybridized carbons (Fsp3) is 0.333. The molecule has 2 saturated heterocycles. The number of fused-ring (bicyclic) bond motifs is 2. The first kappa shape index (κ1) is 25.8. The fourth-order valence-corrected chi connectivity index (χ4v) is 5.81. The molecule has 202 valence electrons. The quantitative estimate of drug-likeness (QED) is 0.486. The zero-order valence-electron chi connectivity index (χ0n) is 21.8. The summed E-state index contributed by atoms with van der Waals surface area (Å²) in [4.78, 5) is 18.0. The first-order valence-electron chi connectivity index (χ1n) is 13.1. The van der Waals surface area contributed by atoms with E-state index in [2.05, 4.69) is 30.5 Å². The predicted molar refractivity (Wildman–Crippen MR) is 148 cm³/mol. The highest BCUT2D eigenvalue weighted by Gasteiger charge is 2.47. The van der Waals surface area contributed by atoms with Crippen molar-refractivity contribution in [1.82, 2.24) is 14.7 Å². The second-order valence-corrected chi connectivity index (χ2v) is 10.4. The van der Waals surface area contributed by atoms with Gasteiger partial charge in [0.25, 0.3) is 5.91 Å². The molecule has 0 radical (unpaired) electrons. The van der Waals surface area contributed by atoms with Crippen molar-refractivity contribution in [3.63, 3.8) is 0 Å². The van der Waals surface area contributed by atoms with Crippen LogP contribution in [0.2, 0.25) is 5.15 Å². The molecule has 6 rings (SSSR count). The largest absolute Gasteiger partial charge is 0.497 e. The molecule has 4 atom stereocenters. The highest BCUT2D eigenvalue weighted by Crippen LogP contribution is 2.37. The Kier molecular flexibility index (Phi) is 7.03. The van der Waals surface area contributed by atoms with Gasteiger partial charge in [-0.3, -0.25) is 9.20 Å². The van der Waals surface area contributed by atoms with E-state index in [0.29, 0.717) is 28.7 Å². The number of pyridine rings is 1. The Morgan fingerprint density at radius 2 is 1.95 bits per heavy atom. The minimum Gasteiger partial charge on any atom is -0.497 e. The molecule has 3 aliphatic rings. The first-order chi connectivity index (χ1) is 18.9. The van der Waals surface area contributed by atoms with E-state index in [0.717, 1.165) is 35.3 Å². The zero-order chi connectivity index (χ0) is 27.1. The Bertz CT molecular complexity index is 1520. The van der Waals surface area contributed by atoms with Crippen molar-refractivity contribution in [3.05, 3.63) is 88.4 Å². The lowest BCUT2D eigenvalue weighted by atomic mass is 9.91. The van der Waals surface area contributed by atoms with E-state index in [-0.39, 0.29) is 24.7 Å². The molecule has 9 heteroatoms. The van der Waals surface area contributed by atoms with Gasteiger partial charge in [0.05, 0.1) is 26.4 Å². The number of allylic oxidation sites excluding steroid dienone is 5. The molecule has 3 aromatic rings. The lowest BCUT2D eigenvalue weighted by Gasteiger charge is -2.17. The predicted octanol–water partition coefficient (Wildman–Crippen LogP) is 4.57. The summed E-state index contributed by atoms with van der Waals surface area (Å²) in [6.07, 6.45) is 8.30. The number of nitrogens with one attached hydrogen (secondary N) is 1. The van der Waals surface area contributed by atoms with Crippen molar-refractivity contribution in [3.8, 4) is 11.3 Å². The minimum atomic E-state index is -0.669. The molecule has 2 aliphatic heterocycles. The zero-order valence-corrected chi connectivity index (χ0v) is 22.5. The minimum absolute atomic E-state index is 0.209. The van der Waals surface area contributed by atoms with Crippen LogP contribution >= 0.6 is 11.6 Å². The smallest absolute Gasteiger partial charge is 0.251 e. The van der Waals surface area contributed by atoms with Gasteiger partial charge in [-0.15, -0.1) is 0 Å². The van der Waals surface area contributed by atoms with E-state index in [1.807, 2.05) is 24.3 Å². The number of hydrogen-bond donors (Lipinski definition) is 2. The second kappa shape index (κ2) is 10.6. The Morgan fingerprint density at radius 1 is 1.15 bits per heavy atom. The number of ether oxygens (including phenoxy) is 3. The number of carbonyl (C=O) groups excluding carboxylic acids is 1. The molecule has 0 unspecified atom stereocenters. The van der Waals surface area contributed by atoms with Gasteiger partial charge in [0.15, 0.2) is 0 Å². The number of amides is 1. The van der Waals surface area contributed by atoms with Gasteiger partial charge in [0.1, 0.15) is 40.6 Å². The maximum absolute atomic E-state index is 13.1. The van der Waals surface area contributed by atoms with Crippen molar-refractivity contribution in [2.75, 3.05) is 20.3 Å². The molecule has 39 heavy (non-hydrogen) atoms. The van der Waals surface area contributed by atoms with Crippen LogP contribution in [0.1, 0.15) is 35.7 Å². The van der Waals surface area contributed by atoms with Gasteiger partial charge in [-0.25, -0.2) is 4.98 Å². The molecule has 0 saturated carbocycles. The maximum atomic E-state index is 13.1. The molecule has 1 aromatic carbocycles. The highest BCUT2D eigenvalue weighted by molar-refractivity contribution is 6.32. The molecular formula is C30H30ClN3O5. The van der Waals surface area contributed by atoms with Crippen LogP contribution in [0.25, 0.3) is 22.5 Å². The molecule has 0 spiro atoms. The number of rotatable bonds is 5. The topological polar surface area (TPSA) is 94.3 Å². The number of halogens is 1. The Morgan fingerprint density at radius 3 is 2.77 bits per heavy atom. The molecule has 2 N–H and O–H groups in total. The summed E-state index contributed by atoms with van der Waals surface area (Å²) in [6, 6.07) is 11.2. The van der Waals surface area contributed by atoms with Gasteiger partial charge in [-0.1, -0.05) is 47.5 Å². The molecule has 1 amide bonds. The lowest BCUT2D eigenvalue weighted by molar-refractivity contribution is 0.0178. The van der Waals surface area contributed by atoms with E-state index >= 15 is 0 Å². The van der Waals surface area contributed by atoms with Crippen molar-refractivity contribution in [2.45, 2.75) is 44.1 Å². The summed E-state index contributed by atoms with van der Waals surface area (Å²) < 4.78 is 18.5. The number of benzene rings is 1. The van der Waals surface area contributed by atoms with Gasteiger partial charge in [-0.05, 0) is 55.2 Å². The summed E-state index contributed by atoms with van der Waals surface area (Å²) in [7, 11) is 1.68. The molecule has 1 aliphatic carbocycles. The number of hydrogen-bond acceptors (Lipinski definition) is 6. The fourth-order valence-electron chi connectivity index (χ4n) is 5.52. The third-order valence-corrected chi connectivity index (χ3v) is 7.98. The standard InChI is InChI=1S/C30H30ClN3O5/c1-17-6-5-7-19(37-2)10-11-20(17)21-8-3-4-9-22(21)26-29(31)34-13-12-18(14-25(34)33-26)30(36)32-23-15-38-28-24(35)16-39-27(23)28/h3-4,7-14,23-24,27-28,35H,5-6,15-16H2,1-2H3,(H,32,36)/b11-10-,19-7+,20-17+/t23-,24-,27-,28-/m1/s1. The monoisotopic (exact) mass is 547 g/mol. The van der Waals surface area contributed by atoms with Crippen LogP contribution in [0.3, 0.4) is 0 Å². The molecule has 8 nitrogen and oxygen atoms in total.